The fourth-order valence-corrected chi connectivity index (χ4v) is 1.22. The van der Waals surface area contributed by atoms with Crippen molar-refractivity contribution in [2.45, 2.75) is 13.1 Å². The molecular formula is C11H12F3N3. The molecule has 0 unspecified atom stereocenters. The molecule has 0 amide bonds. The Morgan fingerprint density at radius 1 is 1.47 bits per heavy atom. The fourth-order valence-electron chi connectivity index (χ4n) is 1.22. The molecule has 3 nitrogen and oxygen atoms in total. The van der Waals surface area contributed by atoms with Gasteiger partial charge in [-0.05, 0) is 31.3 Å². The largest absolute Gasteiger partial charge is 0.433 e. The number of allylic oxidation sites excluding steroid dienone is 1. The quantitative estimate of drug-likeness (QED) is 0.828. The first-order valence-corrected chi connectivity index (χ1v) is 4.96. The summed E-state index contributed by atoms with van der Waals surface area (Å²) in [6.07, 6.45) is -1.82. The van der Waals surface area contributed by atoms with Crippen LogP contribution < -0.4 is 5.73 Å². The van der Waals surface area contributed by atoms with E-state index in [1.807, 2.05) is 0 Å². The van der Waals surface area contributed by atoms with Crippen LogP contribution in [0.2, 0.25) is 0 Å². The number of aliphatic imine (C=N–C) groups is 1. The Bertz CT molecular complexity index is 436. The van der Waals surface area contributed by atoms with E-state index in [2.05, 4.69) is 9.98 Å². The highest BCUT2D eigenvalue weighted by Gasteiger charge is 2.32. The Morgan fingerprint density at radius 3 is 2.71 bits per heavy atom. The summed E-state index contributed by atoms with van der Waals surface area (Å²) in [6.45, 7) is 2.22. The zero-order valence-electron chi connectivity index (χ0n) is 9.20. The minimum absolute atomic E-state index is 0.156. The predicted molar refractivity (Wildman–Crippen MR) is 59.6 cm³/mol. The Kier molecular flexibility index (Phi) is 4.25. The maximum absolute atomic E-state index is 12.5. The first kappa shape index (κ1) is 13.2. The number of rotatable bonds is 3. The SMILES string of the molecule is CCN=C(/C=C/N)c1cccc(C(F)(F)F)n1. The molecule has 1 aromatic heterocycles. The second-order valence-corrected chi connectivity index (χ2v) is 3.12. The van der Waals surface area contributed by atoms with Crippen LogP contribution >= 0.6 is 0 Å². The van der Waals surface area contributed by atoms with Crippen molar-refractivity contribution in [1.29, 1.82) is 0 Å². The molecule has 0 fully saturated rings. The van der Waals surface area contributed by atoms with Gasteiger partial charge in [0.2, 0.25) is 0 Å². The topological polar surface area (TPSA) is 51.3 Å². The predicted octanol–water partition coefficient (Wildman–Crippen LogP) is 2.38. The van der Waals surface area contributed by atoms with Crippen molar-refractivity contribution in [3.8, 4) is 0 Å². The lowest BCUT2D eigenvalue weighted by molar-refractivity contribution is -0.141. The van der Waals surface area contributed by atoms with Crippen LogP contribution in [0.5, 0.6) is 0 Å². The van der Waals surface area contributed by atoms with Crippen LogP contribution in [0.3, 0.4) is 0 Å². The summed E-state index contributed by atoms with van der Waals surface area (Å²) in [4.78, 5) is 7.55. The van der Waals surface area contributed by atoms with E-state index < -0.39 is 11.9 Å². The Balaban J connectivity index is 3.18. The van der Waals surface area contributed by atoms with Gasteiger partial charge in [0.25, 0.3) is 0 Å². The second kappa shape index (κ2) is 5.47. The lowest BCUT2D eigenvalue weighted by Crippen LogP contribution is -2.11. The molecule has 6 heteroatoms. The minimum atomic E-state index is -4.46. The third-order valence-corrected chi connectivity index (χ3v) is 1.88. The lowest BCUT2D eigenvalue weighted by Gasteiger charge is -2.07. The van der Waals surface area contributed by atoms with Gasteiger partial charge in [0.15, 0.2) is 0 Å². The van der Waals surface area contributed by atoms with E-state index in [0.29, 0.717) is 12.3 Å². The number of aromatic nitrogens is 1. The lowest BCUT2D eigenvalue weighted by atomic mass is 10.2. The normalized spacial score (nSPS) is 13.3. The Hall–Kier alpha value is -1.85. The summed E-state index contributed by atoms with van der Waals surface area (Å²) >= 11 is 0. The number of pyridine rings is 1. The molecule has 1 rings (SSSR count). The molecular weight excluding hydrogens is 231 g/mol. The van der Waals surface area contributed by atoms with Crippen LogP contribution in [-0.4, -0.2) is 17.2 Å². The molecule has 0 radical (unpaired) electrons. The molecule has 92 valence electrons. The van der Waals surface area contributed by atoms with Gasteiger partial charge >= 0.3 is 6.18 Å². The van der Waals surface area contributed by atoms with E-state index in [-0.39, 0.29) is 5.69 Å². The second-order valence-electron chi connectivity index (χ2n) is 3.12. The highest BCUT2D eigenvalue weighted by Crippen LogP contribution is 2.27. The van der Waals surface area contributed by atoms with E-state index >= 15 is 0 Å². The van der Waals surface area contributed by atoms with Crippen LogP contribution in [0, 0.1) is 0 Å². The smallest absolute Gasteiger partial charge is 0.405 e. The molecule has 0 aliphatic heterocycles. The van der Waals surface area contributed by atoms with Crippen LogP contribution in [0.1, 0.15) is 18.3 Å². The zero-order chi connectivity index (χ0) is 12.9. The highest BCUT2D eigenvalue weighted by atomic mass is 19.4. The highest BCUT2D eigenvalue weighted by molar-refractivity contribution is 6.07. The molecule has 0 aliphatic carbocycles. The average Bonchev–Trinajstić information content (AvgIpc) is 2.28. The Labute approximate surface area is 96.9 Å². The van der Waals surface area contributed by atoms with Crippen LogP contribution in [0.4, 0.5) is 13.2 Å². The summed E-state index contributed by atoms with van der Waals surface area (Å²) in [7, 11) is 0. The van der Waals surface area contributed by atoms with Crippen molar-refractivity contribution in [1.82, 2.24) is 4.98 Å². The maximum atomic E-state index is 12.5. The van der Waals surface area contributed by atoms with Gasteiger partial charge in [-0.15, -0.1) is 0 Å². The molecule has 0 bridgehead atoms. The summed E-state index contributed by atoms with van der Waals surface area (Å²) < 4.78 is 37.4. The molecule has 0 saturated carbocycles. The van der Waals surface area contributed by atoms with Crippen molar-refractivity contribution in [2.75, 3.05) is 6.54 Å². The van der Waals surface area contributed by atoms with Crippen molar-refractivity contribution in [2.24, 2.45) is 10.7 Å². The van der Waals surface area contributed by atoms with Crippen molar-refractivity contribution >= 4 is 5.71 Å². The average molecular weight is 243 g/mol. The maximum Gasteiger partial charge on any atom is 0.433 e. The standard InChI is InChI=1S/C11H12F3N3/c1-2-16-8(6-7-15)9-4-3-5-10(17-9)11(12,13)14/h3-7H,2,15H2,1H3/b7-6+,16-8?. The summed E-state index contributed by atoms with van der Waals surface area (Å²) in [5.41, 5.74) is 4.76. The van der Waals surface area contributed by atoms with Gasteiger partial charge in [-0.25, -0.2) is 4.98 Å². The van der Waals surface area contributed by atoms with Gasteiger partial charge in [0.1, 0.15) is 5.69 Å². The molecule has 0 spiro atoms. The summed E-state index contributed by atoms with van der Waals surface area (Å²) in [6, 6.07) is 3.67. The molecule has 2 N–H and O–H groups in total. The Morgan fingerprint density at radius 2 is 2.18 bits per heavy atom. The van der Waals surface area contributed by atoms with Crippen molar-refractivity contribution < 1.29 is 13.2 Å². The number of nitrogens with zero attached hydrogens (tertiary/aromatic N) is 2. The zero-order valence-corrected chi connectivity index (χ0v) is 9.20. The molecule has 17 heavy (non-hydrogen) atoms. The summed E-state index contributed by atoms with van der Waals surface area (Å²) in [5, 5.41) is 0. The van der Waals surface area contributed by atoms with E-state index in [9.17, 15) is 13.2 Å². The van der Waals surface area contributed by atoms with Gasteiger partial charge in [-0.2, -0.15) is 13.2 Å². The van der Waals surface area contributed by atoms with Crippen LogP contribution in [0.15, 0.2) is 35.5 Å². The van der Waals surface area contributed by atoms with Crippen molar-refractivity contribution in [3.05, 3.63) is 41.9 Å². The molecule has 1 aromatic rings. The van der Waals surface area contributed by atoms with Crippen molar-refractivity contribution in [3.63, 3.8) is 0 Å². The van der Waals surface area contributed by atoms with E-state index in [0.717, 1.165) is 6.07 Å². The molecule has 0 atom stereocenters. The van der Waals surface area contributed by atoms with Gasteiger partial charge in [-0.3, -0.25) is 4.99 Å². The van der Waals surface area contributed by atoms with Gasteiger partial charge in [0.05, 0.1) is 11.4 Å². The monoisotopic (exact) mass is 243 g/mol. The van der Waals surface area contributed by atoms with Gasteiger partial charge in [-0.1, -0.05) is 6.07 Å². The fraction of sp³-hybridized carbons (Fsp3) is 0.273. The number of hydrogen-bond acceptors (Lipinski definition) is 3. The number of hydrogen-bond donors (Lipinski definition) is 1. The molecule has 0 aliphatic rings. The minimum Gasteiger partial charge on any atom is -0.405 e. The molecule has 0 saturated heterocycles. The third-order valence-electron chi connectivity index (χ3n) is 1.88. The molecule has 0 aromatic carbocycles. The first-order chi connectivity index (χ1) is 7.99. The first-order valence-electron chi connectivity index (χ1n) is 4.96. The number of alkyl halides is 3. The molecule has 1 heterocycles. The van der Waals surface area contributed by atoms with Crippen LogP contribution in [-0.2, 0) is 6.18 Å². The van der Waals surface area contributed by atoms with Gasteiger partial charge in [0, 0.05) is 6.54 Å². The van der Waals surface area contributed by atoms with E-state index in [4.69, 9.17) is 5.73 Å². The summed E-state index contributed by atoms with van der Waals surface area (Å²) in [5.74, 6) is 0. The van der Waals surface area contributed by atoms with E-state index in [1.54, 1.807) is 6.92 Å². The van der Waals surface area contributed by atoms with E-state index in [1.165, 1.54) is 24.4 Å². The number of nitrogens with two attached hydrogens (primary N) is 1. The van der Waals surface area contributed by atoms with Crippen LogP contribution in [0.25, 0.3) is 0 Å². The number of halogens is 3. The third kappa shape index (κ3) is 3.58. The van der Waals surface area contributed by atoms with Gasteiger partial charge < -0.3 is 5.73 Å².